The fourth-order valence-electron chi connectivity index (χ4n) is 0.862. The highest BCUT2D eigenvalue weighted by molar-refractivity contribution is 5.40. The van der Waals surface area contributed by atoms with E-state index in [0.717, 1.165) is 7.11 Å². The predicted octanol–water partition coefficient (Wildman–Crippen LogP) is 1.98. The molecule has 5 heteroatoms. The van der Waals surface area contributed by atoms with Crippen LogP contribution in [0.4, 0.5) is 13.2 Å². The first-order valence-corrected chi connectivity index (χ1v) is 3.23. The Morgan fingerprint density at radius 1 is 1.31 bits per heavy atom. The summed E-state index contributed by atoms with van der Waals surface area (Å²) in [5.74, 6) is -4.48. The van der Waals surface area contributed by atoms with Gasteiger partial charge in [-0.05, 0) is 0 Å². The quantitative estimate of drug-likeness (QED) is 0.673. The topological polar surface area (TPSA) is 33.0 Å². The van der Waals surface area contributed by atoms with E-state index in [-0.39, 0.29) is 0 Å². The fourth-order valence-corrected chi connectivity index (χ4v) is 0.862. The second-order valence-corrected chi connectivity index (χ2v) is 2.17. The van der Waals surface area contributed by atoms with Gasteiger partial charge in [0.1, 0.15) is 17.4 Å². The van der Waals surface area contributed by atoms with Crippen molar-refractivity contribution in [1.82, 2.24) is 0 Å². The van der Waals surface area contributed by atoms with Crippen LogP contribution in [-0.2, 0) is 0 Å². The Kier molecular flexibility index (Phi) is 2.42. The molecule has 0 aliphatic carbocycles. The van der Waals surface area contributed by atoms with Crippen LogP contribution < -0.4 is 4.74 Å². The van der Waals surface area contributed by atoms with Gasteiger partial charge in [-0.2, -0.15) is 5.26 Å². The number of ether oxygens (including phenoxy) is 1. The third-order valence-corrected chi connectivity index (χ3v) is 1.44. The zero-order valence-electron chi connectivity index (χ0n) is 6.57. The molecule has 0 amide bonds. The summed E-state index contributed by atoms with van der Waals surface area (Å²) in [5, 5.41) is 8.30. The lowest BCUT2D eigenvalue weighted by molar-refractivity contribution is 0.355. The molecule has 1 aromatic carbocycles. The van der Waals surface area contributed by atoms with Crippen molar-refractivity contribution in [3.05, 3.63) is 29.1 Å². The van der Waals surface area contributed by atoms with Gasteiger partial charge in [0, 0.05) is 6.07 Å². The average Bonchev–Trinajstić information content (AvgIpc) is 2.04. The van der Waals surface area contributed by atoms with Crippen LogP contribution in [0.1, 0.15) is 5.56 Å². The number of hydrogen-bond donors (Lipinski definition) is 0. The number of rotatable bonds is 1. The first kappa shape index (κ1) is 9.39. The number of methoxy groups -OCH3 is 1. The summed E-state index contributed by atoms with van der Waals surface area (Å²) in [6.07, 6.45) is 0. The van der Waals surface area contributed by atoms with Crippen molar-refractivity contribution in [1.29, 1.82) is 5.26 Å². The van der Waals surface area contributed by atoms with Crippen LogP contribution in [0.5, 0.6) is 5.75 Å². The molecule has 0 atom stereocenters. The molecule has 0 saturated heterocycles. The largest absolute Gasteiger partial charge is 0.491 e. The molecule has 1 rings (SSSR count). The lowest BCUT2D eigenvalue weighted by atomic mass is 10.2. The minimum absolute atomic E-state index is 0.403. The molecule has 68 valence electrons. The summed E-state index contributed by atoms with van der Waals surface area (Å²) in [5.41, 5.74) is -0.849. The van der Waals surface area contributed by atoms with E-state index in [9.17, 15) is 13.2 Å². The number of hydrogen-bond acceptors (Lipinski definition) is 2. The van der Waals surface area contributed by atoms with Gasteiger partial charge in [0.05, 0.1) is 7.11 Å². The lowest BCUT2D eigenvalue weighted by Crippen LogP contribution is -1.98. The summed E-state index contributed by atoms with van der Waals surface area (Å²) < 4.78 is 42.7. The van der Waals surface area contributed by atoms with Gasteiger partial charge < -0.3 is 4.74 Å². The molecule has 1 aromatic rings. The lowest BCUT2D eigenvalue weighted by Gasteiger charge is -2.04. The number of halogens is 3. The van der Waals surface area contributed by atoms with Gasteiger partial charge in [-0.3, -0.25) is 0 Å². The van der Waals surface area contributed by atoms with E-state index in [0.29, 0.717) is 6.07 Å². The van der Waals surface area contributed by atoms with E-state index in [1.165, 1.54) is 6.07 Å². The summed E-state index contributed by atoms with van der Waals surface area (Å²) in [6, 6.07) is 1.67. The second kappa shape index (κ2) is 3.35. The zero-order valence-corrected chi connectivity index (χ0v) is 6.57. The average molecular weight is 187 g/mol. The minimum Gasteiger partial charge on any atom is -0.491 e. The van der Waals surface area contributed by atoms with E-state index in [4.69, 9.17) is 5.26 Å². The maximum absolute atomic E-state index is 13.0. The molecule has 0 bridgehead atoms. The van der Waals surface area contributed by atoms with E-state index in [1.807, 2.05) is 0 Å². The second-order valence-electron chi connectivity index (χ2n) is 2.17. The molecule has 0 spiro atoms. The summed E-state index contributed by atoms with van der Waals surface area (Å²) in [4.78, 5) is 0. The molecule has 0 unspecified atom stereocenters. The third-order valence-electron chi connectivity index (χ3n) is 1.44. The van der Waals surface area contributed by atoms with Crippen LogP contribution in [0.2, 0.25) is 0 Å². The summed E-state index contributed by atoms with van der Waals surface area (Å²) >= 11 is 0. The van der Waals surface area contributed by atoms with Gasteiger partial charge in [-0.15, -0.1) is 0 Å². The Morgan fingerprint density at radius 2 is 1.92 bits per heavy atom. The maximum atomic E-state index is 13.0. The molecule has 13 heavy (non-hydrogen) atoms. The molecular weight excluding hydrogens is 183 g/mol. The van der Waals surface area contributed by atoms with E-state index in [2.05, 4.69) is 4.74 Å². The van der Waals surface area contributed by atoms with Crippen LogP contribution in [0.15, 0.2) is 6.07 Å². The van der Waals surface area contributed by atoms with Crippen molar-refractivity contribution < 1.29 is 17.9 Å². The normalized spacial score (nSPS) is 9.46. The minimum atomic E-state index is -1.32. The van der Waals surface area contributed by atoms with Gasteiger partial charge in [-0.25, -0.2) is 13.2 Å². The first-order chi connectivity index (χ1) is 6.11. The van der Waals surface area contributed by atoms with Crippen molar-refractivity contribution in [2.75, 3.05) is 7.11 Å². The number of nitrogens with zero attached hydrogens (tertiary/aromatic N) is 1. The molecule has 0 aromatic heterocycles. The molecule has 0 N–H and O–H groups in total. The molecular formula is C8H4F3NO. The van der Waals surface area contributed by atoms with Gasteiger partial charge in [0.25, 0.3) is 0 Å². The van der Waals surface area contributed by atoms with Crippen molar-refractivity contribution in [2.24, 2.45) is 0 Å². The summed E-state index contributed by atoms with van der Waals surface area (Å²) in [6.45, 7) is 0. The third kappa shape index (κ3) is 1.43. The van der Waals surface area contributed by atoms with Crippen molar-refractivity contribution in [3.8, 4) is 11.8 Å². The highest BCUT2D eigenvalue weighted by atomic mass is 19.1. The summed E-state index contributed by atoms with van der Waals surface area (Å²) in [7, 11) is 1.03. The van der Waals surface area contributed by atoms with E-state index >= 15 is 0 Å². The fraction of sp³-hybridized carbons (Fsp3) is 0.125. The van der Waals surface area contributed by atoms with Gasteiger partial charge in [0.2, 0.25) is 0 Å². The molecule has 0 fully saturated rings. The smallest absolute Gasteiger partial charge is 0.191 e. The van der Waals surface area contributed by atoms with Crippen molar-refractivity contribution in [3.63, 3.8) is 0 Å². The molecule has 0 saturated carbocycles. The van der Waals surface area contributed by atoms with Crippen LogP contribution in [-0.4, -0.2) is 7.11 Å². The monoisotopic (exact) mass is 187 g/mol. The highest BCUT2D eigenvalue weighted by Crippen LogP contribution is 2.25. The number of benzene rings is 1. The Hall–Kier alpha value is -1.70. The Balaban J connectivity index is 3.51. The standard InChI is InChI=1S/C8H4F3NO/c1-13-8-6(10)2-5(9)4(3-12)7(8)11/h2H,1H3. The highest BCUT2D eigenvalue weighted by Gasteiger charge is 2.18. The first-order valence-electron chi connectivity index (χ1n) is 3.23. The Labute approximate surface area is 72.2 Å². The molecule has 2 nitrogen and oxygen atoms in total. The maximum Gasteiger partial charge on any atom is 0.191 e. The molecule has 0 aliphatic heterocycles. The predicted molar refractivity (Wildman–Crippen MR) is 37.6 cm³/mol. The van der Waals surface area contributed by atoms with Crippen LogP contribution in [0.3, 0.4) is 0 Å². The van der Waals surface area contributed by atoms with E-state index < -0.39 is 28.8 Å². The zero-order chi connectivity index (χ0) is 10.0. The van der Waals surface area contributed by atoms with Crippen LogP contribution in [0.25, 0.3) is 0 Å². The Bertz CT molecular complexity index is 384. The van der Waals surface area contributed by atoms with Crippen LogP contribution in [0, 0.1) is 28.8 Å². The van der Waals surface area contributed by atoms with Crippen molar-refractivity contribution in [2.45, 2.75) is 0 Å². The number of nitriles is 1. The van der Waals surface area contributed by atoms with Gasteiger partial charge in [-0.1, -0.05) is 0 Å². The molecule has 0 aliphatic rings. The Morgan fingerprint density at radius 3 is 2.38 bits per heavy atom. The van der Waals surface area contributed by atoms with Gasteiger partial charge in [0.15, 0.2) is 17.4 Å². The molecule has 0 heterocycles. The SMILES string of the molecule is COc1c(F)cc(F)c(C#N)c1F. The van der Waals surface area contributed by atoms with Crippen molar-refractivity contribution >= 4 is 0 Å². The van der Waals surface area contributed by atoms with Gasteiger partial charge >= 0.3 is 0 Å². The van der Waals surface area contributed by atoms with Crippen LogP contribution >= 0.6 is 0 Å². The van der Waals surface area contributed by atoms with E-state index in [1.54, 1.807) is 0 Å². The molecule has 0 radical (unpaired) electrons.